The van der Waals surface area contributed by atoms with Crippen LogP contribution >= 0.6 is 0 Å². The lowest BCUT2D eigenvalue weighted by molar-refractivity contribution is -0.138. The summed E-state index contributed by atoms with van der Waals surface area (Å²) in [5.74, 6) is 0.309. The average molecular weight is 504 g/mol. The second-order valence-electron chi connectivity index (χ2n) is 9.26. The summed E-state index contributed by atoms with van der Waals surface area (Å²) >= 11 is 0. The molecule has 0 aromatic heterocycles. The molecule has 0 saturated heterocycles. The van der Waals surface area contributed by atoms with E-state index in [1.165, 1.54) is 38.2 Å². The van der Waals surface area contributed by atoms with Crippen molar-refractivity contribution in [1.29, 1.82) is 5.26 Å². The Bertz CT molecular complexity index is 950. The second kappa shape index (κ2) is 16.1. The van der Waals surface area contributed by atoms with Gasteiger partial charge < -0.3 is 9.47 Å². The number of hydrogen-bond donors (Lipinski definition) is 0. The number of ether oxygens (including phenoxy) is 2. The molecule has 198 valence electrons. The van der Waals surface area contributed by atoms with Gasteiger partial charge in [0.1, 0.15) is 17.6 Å². The molecule has 3 nitrogen and oxygen atoms in total. The molecule has 36 heavy (non-hydrogen) atoms. The van der Waals surface area contributed by atoms with E-state index in [-0.39, 0.29) is 12.4 Å². The summed E-state index contributed by atoms with van der Waals surface area (Å²) < 4.78 is 52.7. The van der Waals surface area contributed by atoms with Gasteiger partial charge in [0.25, 0.3) is 0 Å². The number of benzene rings is 2. The van der Waals surface area contributed by atoms with Gasteiger partial charge in [-0.25, -0.2) is 0 Å². The van der Waals surface area contributed by atoms with E-state index in [1.807, 2.05) is 0 Å². The van der Waals surface area contributed by atoms with Gasteiger partial charge >= 0.3 is 6.18 Å². The molecule has 0 spiro atoms. The third-order valence-corrected chi connectivity index (χ3v) is 6.23. The maximum Gasteiger partial charge on any atom is 0.419 e. The Balaban J connectivity index is 2.04. The second-order valence-corrected chi connectivity index (χ2v) is 9.26. The van der Waals surface area contributed by atoms with Gasteiger partial charge in [-0.2, -0.15) is 18.4 Å². The zero-order valence-electron chi connectivity index (χ0n) is 21.8. The summed E-state index contributed by atoms with van der Waals surface area (Å²) in [5.41, 5.74) is 0.433. The molecule has 0 fully saturated rings. The number of alkyl halides is 3. The number of unbranched alkanes of at least 4 members (excludes halogenated alkanes) is 10. The fourth-order valence-corrected chi connectivity index (χ4v) is 4.11. The number of hydrogen-bond acceptors (Lipinski definition) is 3. The van der Waals surface area contributed by atoms with Gasteiger partial charge in [0.05, 0.1) is 24.3 Å². The highest BCUT2D eigenvalue weighted by atomic mass is 19.4. The van der Waals surface area contributed by atoms with Crippen LogP contribution in [-0.4, -0.2) is 13.2 Å². The van der Waals surface area contributed by atoms with Crippen molar-refractivity contribution in [2.24, 2.45) is 0 Å². The largest absolute Gasteiger partial charge is 0.493 e. The minimum absolute atomic E-state index is 0.154. The minimum atomic E-state index is -4.54. The first-order chi connectivity index (χ1) is 17.4. The highest BCUT2D eigenvalue weighted by molar-refractivity contribution is 5.69. The van der Waals surface area contributed by atoms with Crippen LogP contribution in [-0.2, 0) is 6.18 Å². The van der Waals surface area contributed by atoms with Crippen molar-refractivity contribution in [2.45, 2.75) is 97.1 Å². The Morgan fingerprint density at radius 3 is 1.67 bits per heavy atom. The highest BCUT2D eigenvalue weighted by Crippen LogP contribution is 2.39. The zero-order chi connectivity index (χ0) is 26.2. The molecule has 0 bridgehead atoms. The van der Waals surface area contributed by atoms with Gasteiger partial charge in [-0.3, -0.25) is 0 Å². The lowest BCUT2D eigenvalue weighted by Crippen LogP contribution is -2.10. The molecule has 0 unspecified atom stereocenters. The molecule has 0 N–H and O–H groups in total. The number of halogens is 3. The first-order valence-corrected chi connectivity index (χ1v) is 13.4. The van der Waals surface area contributed by atoms with Crippen molar-refractivity contribution in [2.75, 3.05) is 13.2 Å². The Morgan fingerprint density at radius 1 is 0.667 bits per heavy atom. The van der Waals surface area contributed by atoms with Gasteiger partial charge in [-0.15, -0.1) is 0 Å². The van der Waals surface area contributed by atoms with E-state index in [9.17, 15) is 18.4 Å². The van der Waals surface area contributed by atoms with Crippen LogP contribution in [0.2, 0.25) is 0 Å². The lowest BCUT2D eigenvalue weighted by atomic mass is 10.00. The summed E-state index contributed by atoms with van der Waals surface area (Å²) in [6, 6.07) is 11.2. The molecule has 0 atom stereocenters. The van der Waals surface area contributed by atoms with E-state index in [4.69, 9.17) is 9.47 Å². The normalized spacial score (nSPS) is 11.3. The van der Waals surface area contributed by atoms with Crippen LogP contribution in [0.15, 0.2) is 36.4 Å². The molecular weight excluding hydrogens is 463 g/mol. The summed E-state index contributed by atoms with van der Waals surface area (Å²) in [5, 5.41) is 9.58. The van der Waals surface area contributed by atoms with E-state index in [0.29, 0.717) is 29.0 Å². The van der Waals surface area contributed by atoms with Crippen LogP contribution in [0.4, 0.5) is 13.2 Å². The van der Waals surface area contributed by atoms with Gasteiger partial charge in [0, 0.05) is 0 Å². The predicted molar refractivity (Wildman–Crippen MR) is 139 cm³/mol. The van der Waals surface area contributed by atoms with E-state index in [2.05, 4.69) is 19.9 Å². The van der Waals surface area contributed by atoms with E-state index < -0.39 is 11.7 Å². The molecule has 0 saturated carbocycles. The minimum Gasteiger partial charge on any atom is -0.493 e. The van der Waals surface area contributed by atoms with Crippen molar-refractivity contribution in [3.05, 3.63) is 47.5 Å². The summed E-state index contributed by atoms with van der Waals surface area (Å²) in [4.78, 5) is 0. The SMILES string of the molecule is CCCCCCCCOc1ccc(-c2ccc(OCCCCCCCC)c(C(F)(F)F)c2)cc1C#N. The predicted octanol–water partition coefficient (Wildman–Crippen LogP) is 9.72. The molecule has 0 heterocycles. The van der Waals surface area contributed by atoms with Crippen LogP contribution in [0.5, 0.6) is 11.5 Å². The Kier molecular flexibility index (Phi) is 13.2. The molecule has 2 rings (SSSR count). The smallest absolute Gasteiger partial charge is 0.419 e. The van der Waals surface area contributed by atoms with Gasteiger partial charge in [0.15, 0.2) is 0 Å². The van der Waals surface area contributed by atoms with Crippen molar-refractivity contribution >= 4 is 0 Å². The molecule has 2 aromatic carbocycles. The Morgan fingerprint density at radius 2 is 1.14 bits per heavy atom. The molecule has 0 amide bonds. The van der Waals surface area contributed by atoms with Crippen LogP contribution in [0, 0.1) is 11.3 Å². The van der Waals surface area contributed by atoms with Gasteiger partial charge in [0.2, 0.25) is 0 Å². The third kappa shape index (κ3) is 10.1. The van der Waals surface area contributed by atoms with Gasteiger partial charge in [-0.05, 0) is 48.2 Å². The topological polar surface area (TPSA) is 42.2 Å². The first-order valence-electron chi connectivity index (χ1n) is 13.4. The van der Waals surface area contributed by atoms with Crippen LogP contribution in [0.25, 0.3) is 11.1 Å². The fraction of sp³-hybridized carbons (Fsp3) is 0.567. The molecule has 0 aliphatic rings. The van der Waals surface area contributed by atoms with E-state index in [1.54, 1.807) is 24.3 Å². The molecule has 2 aromatic rings. The molecule has 0 radical (unpaired) electrons. The Labute approximate surface area is 214 Å². The van der Waals surface area contributed by atoms with Crippen LogP contribution in [0.3, 0.4) is 0 Å². The number of nitrogens with zero attached hydrogens (tertiary/aromatic N) is 1. The number of rotatable bonds is 17. The fourth-order valence-electron chi connectivity index (χ4n) is 4.11. The molecular formula is C30H40F3NO2. The van der Waals surface area contributed by atoms with Crippen molar-refractivity contribution < 1.29 is 22.6 Å². The molecule has 6 heteroatoms. The van der Waals surface area contributed by atoms with Crippen LogP contribution in [0.1, 0.15) is 102 Å². The van der Waals surface area contributed by atoms with Crippen molar-refractivity contribution in [3.63, 3.8) is 0 Å². The third-order valence-electron chi connectivity index (χ3n) is 6.23. The number of nitriles is 1. The molecule has 0 aliphatic heterocycles. The average Bonchev–Trinajstić information content (AvgIpc) is 2.87. The summed E-state index contributed by atoms with van der Waals surface area (Å²) in [6.07, 6.45) is 8.51. The first kappa shape index (κ1) is 29.5. The monoisotopic (exact) mass is 503 g/mol. The standard InChI is InChI=1S/C30H40F3NO2/c1-3-5-7-9-11-13-19-35-28-17-15-24(21-26(28)23-34)25-16-18-29(27(22-25)30(31,32)33)36-20-14-12-10-8-6-4-2/h15-18,21-22H,3-14,19-20H2,1-2H3. The summed E-state index contributed by atoms with van der Waals surface area (Å²) in [7, 11) is 0. The van der Waals surface area contributed by atoms with E-state index in [0.717, 1.165) is 51.0 Å². The highest BCUT2D eigenvalue weighted by Gasteiger charge is 2.34. The quantitative estimate of drug-likeness (QED) is 0.202. The summed E-state index contributed by atoms with van der Waals surface area (Å²) in [6.45, 7) is 5.10. The van der Waals surface area contributed by atoms with Gasteiger partial charge in [-0.1, -0.05) is 90.2 Å². The van der Waals surface area contributed by atoms with Crippen LogP contribution < -0.4 is 9.47 Å². The zero-order valence-corrected chi connectivity index (χ0v) is 21.8. The van der Waals surface area contributed by atoms with Crippen molar-refractivity contribution in [1.82, 2.24) is 0 Å². The molecule has 0 aliphatic carbocycles. The maximum absolute atomic E-state index is 13.8. The lowest BCUT2D eigenvalue weighted by Gasteiger charge is -2.16. The Hall–Kier alpha value is -2.68. The van der Waals surface area contributed by atoms with E-state index >= 15 is 0 Å². The van der Waals surface area contributed by atoms with Crippen molar-refractivity contribution in [3.8, 4) is 28.7 Å². The maximum atomic E-state index is 13.8.